The maximum atomic E-state index is 12.7. The van der Waals surface area contributed by atoms with Gasteiger partial charge < -0.3 is 0 Å². The standard InChI is InChI=1S/C20H16F3S/c21-20(22,23)15-16-8-7-13-19(14-16)24(17-9-3-1-4-10-17)18-11-5-2-6-12-18/h1-14H,15H2/q+1. The molecule has 0 unspecified atom stereocenters. The van der Waals surface area contributed by atoms with Crippen molar-refractivity contribution in [3.63, 3.8) is 0 Å². The summed E-state index contributed by atoms with van der Waals surface area (Å²) in [6.07, 6.45) is -5.10. The van der Waals surface area contributed by atoms with Crippen LogP contribution in [0, 0.1) is 0 Å². The van der Waals surface area contributed by atoms with Crippen molar-refractivity contribution < 1.29 is 13.2 Å². The topological polar surface area (TPSA) is 0 Å². The van der Waals surface area contributed by atoms with E-state index in [4.69, 9.17) is 0 Å². The molecule has 3 rings (SSSR count). The summed E-state index contributed by atoms with van der Waals surface area (Å²) in [6.45, 7) is 0. The van der Waals surface area contributed by atoms with E-state index in [-0.39, 0.29) is 0 Å². The first-order valence-electron chi connectivity index (χ1n) is 7.53. The van der Waals surface area contributed by atoms with E-state index >= 15 is 0 Å². The summed E-state index contributed by atoms with van der Waals surface area (Å²) < 4.78 is 38.2. The number of hydrogen-bond donors (Lipinski definition) is 0. The predicted molar refractivity (Wildman–Crippen MR) is 91.2 cm³/mol. The largest absolute Gasteiger partial charge is 0.393 e. The van der Waals surface area contributed by atoms with E-state index < -0.39 is 23.5 Å². The average molecular weight is 345 g/mol. The fraction of sp³-hybridized carbons (Fsp3) is 0.100. The molecule has 0 spiro atoms. The van der Waals surface area contributed by atoms with E-state index in [2.05, 4.69) is 0 Å². The fourth-order valence-corrected chi connectivity index (χ4v) is 4.69. The Morgan fingerprint density at radius 2 is 1.12 bits per heavy atom. The van der Waals surface area contributed by atoms with E-state index in [9.17, 15) is 13.2 Å². The van der Waals surface area contributed by atoms with Gasteiger partial charge in [-0.2, -0.15) is 13.2 Å². The molecule has 0 saturated heterocycles. The molecule has 0 fully saturated rings. The molecule has 3 aromatic rings. The van der Waals surface area contributed by atoms with Crippen LogP contribution in [0.5, 0.6) is 0 Å². The van der Waals surface area contributed by atoms with Gasteiger partial charge in [0.15, 0.2) is 14.7 Å². The molecule has 0 aliphatic rings. The Morgan fingerprint density at radius 1 is 0.625 bits per heavy atom. The van der Waals surface area contributed by atoms with E-state index in [1.807, 2.05) is 66.7 Å². The lowest BCUT2D eigenvalue weighted by Crippen LogP contribution is -2.12. The lowest BCUT2D eigenvalue weighted by Gasteiger charge is -2.10. The van der Waals surface area contributed by atoms with Crippen LogP contribution in [0.2, 0.25) is 0 Å². The lowest BCUT2D eigenvalue weighted by molar-refractivity contribution is -0.127. The van der Waals surface area contributed by atoms with Gasteiger partial charge in [-0.15, -0.1) is 0 Å². The number of alkyl halides is 3. The number of halogens is 3. The molecule has 0 N–H and O–H groups in total. The molecule has 0 bridgehead atoms. The van der Waals surface area contributed by atoms with Crippen molar-refractivity contribution in [3.8, 4) is 0 Å². The maximum Gasteiger partial charge on any atom is 0.393 e. The second kappa shape index (κ2) is 7.14. The summed E-state index contributed by atoms with van der Waals surface area (Å²) in [5, 5.41) is 0. The molecule has 122 valence electrons. The van der Waals surface area contributed by atoms with Crippen LogP contribution in [0.4, 0.5) is 13.2 Å². The van der Waals surface area contributed by atoms with Gasteiger partial charge in [0.25, 0.3) is 0 Å². The summed E-state index contributed by atoms with van der Waals surface area (Å²) in [7, 11) is -0.421. The van der Waals surface area contributed by atoms with Gasteiger partial charge in [-0.1, -0.05) is 48.5 Å². The minimum Gasteiger partial charge on any atom is -0.171 e. The van der Waals surface area contributed by atoms with Crippen LogP contribution in [-0.4, -0.2) is 6.18 Å². The highest BCUT2D eigenvalue weighted by molar-refractivity contribution is 7.97. The third kappa shape index (κ3) is 4.20. The summed E-state index contributed by atoms with van der Waals surface area (Å²) in [5.74, 6) is 0. The molecule has 0 aromatic heterocycles. The van der Waals surface area contributed by atoms with Gasteiger partial charge >= 0.3 is 6.18 Å². The fourth-order valence-electron chi connectivity index (χ4n) is 2.54. The summed E-state index contributed by atoms with van der Waals surface area (Å²) in [4.78, 5) is 3.08. The summed E-state index contributed by atoms with van der Waals surface area (Å²) in [5.41, 5.74) is 0.296. The van der Waals surface area contributed by atoms with Crippen LogP contribution < -0.4 is 0 Å². The highest BCUT2D eigenvalue weighted by atomic mass is 32.2. The van der Waals surface area contributed by atoms with Crippen LogP contribution in [-0.2, 0) is 17.3 Å². The highest BCUT2D eigenvalue weighted by Crippen LogP contribution is 2.32. The van der Waals surface area contributed by atoms with Gasteiger partial charge in [-0.05, 0) is 42.0 Å². The molecular weight excluding hydrogens is 329 g/mol. The Balaban J connectivity index is 2.05. The Hall–Kier alpha value is -2.20. The summed E-state index contributed by atoms with van der Waals surface area (Å²) in [6, 6.07) is 26.6. The Bertz CT molecular complexity index is 743. The summed E-state index contributed by atoms with van der Waals surface area (Å²) >= 11 is 0. The minimum atomic E-state index is -4.20. The van der Waals surface area contributed by atoms with Gasteiger partial charge in [0, 0.05) is 0 Å². The third-order valence-corrected chi connectivity index (χ3v) is 5.71. The van der Waals surface area contributed by atoms with Crippen LogP contribution in [0.1, 0.15) is 5.56 Å². The van der Waals surface area contributed by atoms with Crippen molar-refractivity contribution >= 4 is 10.9 Å². The Labute approximate surface area is 142 Å². The van der Waals surface area contributed by atoms with Crippen molar-refractivity contribution in [2.45, 2.75) is 27.3 Å². The molecule has 0 amide bonds. The van der Waals surface area contributed by atoms with Gasteiger partial charge in [0.2, 0.25) is 0 Å². The molecule has 0 atom stereocenters. The zero-order valence-electron chi connectivity index (χ0n) is 12.8. The Kier molecular flexibility index (Phi) is 4.95. The van der Waals surface area contributed by atoms with Crippen LogP contribution in [0.15, 0.2) is 99.6 Å². The molecule has 4 heteroatoms. The van der Waals surface area contributed by atoms with Gasteiger partial charge in [0.05, 0.1) is 17.3 Å². The maximum absolute atomic E-state index is 12.7. The van der Waals surface area contributed by atoms with E-state index in [1.54, 1.807) is 12.1 Å². The highest BCUT2D eigenvalue weighted by Gasteiger charge is 2.31. The third-order valence-electron chi connectivity index (χ3n) is 3.50. The lowest BCUT2D eigenvalue weighted by atomic mass is 10.1. The molecular formula is C20H16F3S+. The first-order valence-corrected chi connectivity index (χ1v) is 8.75. The van der Waals surface area contributed by atoms with E-state index in [0.29, 0.717) is 5.56 Å². The number of hydrogen-bond acceptors (Lipinski definition) is 0. The molecule has 0 radical (unpaired) electrons. The minimum absolute atomic E-state index is 0.296. The SMILES string of the molecule is FC(F)(F)Cc1cccc([S+](c2ccccc2)c2ccccc2)c1. The number of benzene rings is 3. The first kappa shape index (κ1) is 16.7. The number of rotatable bonds is 4. The van der Waals surface area contributed by atoms with Crippen molar-refractivity contribution in [1.29, 1.82) is 0 Å². The van der Waals surface area contributed by atoms with Crippen molar-refractivity contribution in [3.05, 3.63) is 90.5 Å². The van der Waals surface area contributed by atoms with E-state index in [0.717, 1.165) is 14.7 Å². The van der Waals surface area contributed by atoms with Crippen LogP contribution >= 0.6 is 0 Å². The van der Waals surface area contributed by atoms with Crippen molar-refractivity contribution in [1.82, 2.24) is 0 Å². The van der Waals surface area contributed by atoms with Gasteiger partial charge in [-0.3, -0.25) is 0 Å². The first-order chi connectivity index (χ1) is 11.5. The second-order valence-electron chi connectivity index (χ2n) is 5.37. The molecule has 3 aromatic carbocycles. The smallest absolute Gasteiger partial charge is 0.171 e. The zero-order chi connectivity index (χ0) is 17.0. The molecule has 0 heterocycles. The van der Waals surface area contributed by atoms with E-state index in [1.165, 1.54) is 6.07 Å². The monoisotopic (exact) mass is 345 g/mol. The predicted octanol–water partition coefficient (Wildman–Crippen LogP) is 5.89. The molecule has 24 heavy (non-hydrogen) atoms. The van der Waals surface area contributed by atoms with Crippen molar-refractivity contribution in [2.24, 2.45) is 0 Å². The van der Waals surface area contributed by atoms with Crippen molar-refractivity contribution in [2.75, 3.05) is 0 Å². The zero-order valence-corrected chi connectivity index (χ0v) is 13.6. The van der Waals surface area contributed by atoms with Crippen LogP contribution in [0.3, 0.4) is 0 Å². The second-order valence-corrected chi connectivity index (χ2v) is 7.40. The Morgan fingerprint density at radius 3 is 1.62 bits per heavy atom. The van der Waals surface area contributed by atoms with Crippen LogP contribution in [0.25, 0.3) is 0 Å². The average Bonchev–Trinajstić information content (AvgIpc) is 2.56. The molecule has 0 saturated carbocycles. The van der Waals surface area contributed by atoms with Gasteiger partial charge in [-0.25, -0.2) is 0 Å². The molecule has 0 aliphatic carbocycles. The molecule has 0 nitrogen and oxygen atoms in total. The quantitative estimate of drug-likeness (QED) is 0.518. The van der Waals surface area contributed by atoms with Gasteiger partial charge in [0.1, 0.15) is 0 Å². The molecule has 0 aliphatic heterocycles. The normalized spacial score (nSPS) is 11.7.